The Bertz CT molecular complexity index is 609. The summed E-state index contributed by atoms with van der Waals surface area (Å²) in [5.41, 5.74) is 2.36. The van der Waals surface area contributed by atoms with Crippen LogP contribution in [0.4, 0.5) is 0 Å². The van der Waals surface area contributed by atoms with Crippen molar-refractivity contribution < 1.29 is 19.1 Å². The molecule has 0 atom stereocenters. The van der Waals surface area contributed by atoms with Gasteiger partial charge in [-0.3, -0.25) is 4.98 Å². The molecule has 1 aromatic rings. The van der Waals surface area contributed by atoms with Crippen LogP contribution < -0.4 is 4.74 Å². The van der Waals surface area contributed by atoms with Crippen LogP contribution in [0.1, 0.15) is 42.7 Å². The van der Waals surface area contributed by atoms with Crippen molar-refractivity contribution in [3.63, 3.8) is 0 Å². The van der Waals surface area contributed by atoms with Crippen molar-refractivity contribution in [1.82, 2.24) is 9.79 Å². The molecule has 0 bridgehead atoms. The van der Waals surface area contributed by atoms with E-state index in [0.29, 0.717) is 30.2 Å². The van der Waals surface area contributed by atoms with Crippen LogP contribution in [0.5, 0.6) is 5.75 Å². The first kappa shape index (κ1) is 18.2. The monoisotopic (exact) mass is 329 g/mol. The maximum atomic E-state index is 12.1. The van der Waals surface area contributed by atoms with Gasteiger partial charge in [0.15, 0.2) is 5.75 Å². The predicted octanol–water partition coefficient (Wildman–Crippen LogP) is 1.95. The van der Waals surface area contributed by atoms with Gasteiger partial charge in [0.1, 0.15) is 5.56 Å². The third-order valence-electron chi connectivity index (χ3n) is 3.75. The number of hydrogen-bond acceptors (Lipinski definition) is 6. The number of ether oxygens (including phenoxy) is 2. The van der Waals surface area contributed by atoms with Crippen LogP contribution in [0.25, 0.3) is 6.08 Å². The van der Waals surface area contributed by atoms with Gasteiger partial charge in [0.05, 0.1) is 31.3 Å². The molecule has 0 amide bonds. The molecule has 1 radical (unpaired) electrons. The minimum atomic E-state index is -0.404. The lowest BCUT2D eigenvalue weighted by Crippen LogP contribution is -2.34. The molecule has 2 heterocycles. The Balaban J connectivity index is 2.16. The summed E-state index contributed by atoms with van der Waals surface area (Å²) in [7, 11) is 1.57. The fourth-order valence-corrected chi connectivity index (χ4v) is 2.58. The SMILES string of the molecule is CCOC(=O)c1cc(C=C2CCN([B]C=O)CC2)ncc1OCC. The summed E-state index contributed by atoms with van der Waals surface area (Å²) in [5, 5.41) is 0. The van der Waals surface area contributed by atoms with Gasteiger partial charge in [0.2, 0.25) is 0 Å². The third-order valence-corrected chi connectivity index (χ3v) is 3.75. The fraction of sp³-hybridized carbons (Fsp3) is 0.471. The first-order valence-corrected chi connectivity index (χ1v) is 8.20. The highest BCUT2D eigenvalue weighted by atomic mass is 16.5. The molecule has 7 heteroatoms. The Morgan fingerprint density at radius 2 is 2.08 bits per heavy atom. The standard InChI is InChI=1S/C17H22BN2O4/c1-3-23-16-11-19-14(10-15(16)17(22)24-4-2)9-13-5-7-20(8-6-13)18-12-21/h9-12H,3-8H2,1-2H3. The van der Waals surface area contributed by atoms with E-state index in [1.807, 2.05) is 17.8 Å². The molecular weight excluding hydrogens is 307 g/mol. The van der Waals surface area contributed by atoms with Crippen molar-refractivity contribution in [3.8, 4) is 5.75 Å². The first-order valence-electron chi connectivity index (χ1n) is 8.20. The number of nitrogens with zero attached hydrogens (tertiary/aromatic N) is 2. The zero-order valence-corrected chi connectivity index (χ0v) is 14.2. The minimum Gasteiger partial charge on any atom is -0.491 e. The van der Waals surface area contributed by atoms with Crippen molar-refractivity contribution >= 4 is 25.6 Å². The van der Waals surface area contributed by atoms with Crippen LogP contribution in [-0.2, 0) is 9.53 Å². The summed E-state index contributed by atoms with van der Waals surface area (Å²) < 4.78 is 10.6. The van der Waals surface area contributed by atoms with Gasteiger partial charge in [-0.25, -0.2) is 4.79 Å². The smallest absolute Gasteiger partial charge is 0.342 e. The van der Waals surface area contributed by atoms with Gasteiger partial charge in [-0.2, -0.15) is 0 Å². The molecular formula is C17H22BN2O4. The van der Waals surface area contributed by atoms with Crippen molar-refractivity contribution in [2.24, 2.45) is 0 Å². The summed E-state index contributed by atoms with van der Waals surface area (Å²) in [4.78, 5) is 29.0. The molecule has 1 saturated heterocycles. The van der Waals surface area contributed by atoms with E-state index in [2.05, 4.69) is 4.98 Å². The second-order valence-corrected chi connectivity index (χ2v) is 5.38. The van der Waals surface area contributed by atoms with Crippen LogP contribution in [0.3, 0.4) is 0 Å². The van der Waals surface area contributed by atoms with Crippen LogP contribution in [0.2, 0.25) is 0 Å². The molecule has 127 valence electrons. The van der Waals surface area contributed by atoms with Gasteiger partial charge in [-0.05, 0) is 51.9 Å². The number of esters is 1. The van der Waals surface area contributed by atoms with E-state index >= 15 is 0 Å². The van der Waals surface area contributed by atoms with E-state index in [1.54, 1.807) is 26.6 Å². The summed E-state index contributed by atoms with van der Waals surface area (Å²) >= 11 is 0. The summed E-state index contributed by atoms with van der Waals surface area (Å²) in [6, 6.07) is 1.71. The van der Waals surface area contributed by atoms with E-state index < -0.39 is 5.97 Å². The molecule has 0 N–H and O–H groups in total. The lowest BCUT2D eigenvalue weighted by molar-refractivity contribution is 0.0521. The minimum absolute atomic E-state index is 0.312. The highest BCUT2D eigenvalue weighted by molar-refractivity contribution is 6.64. The normalized spacial score (nSPS) is 14.8. The Hall–Kier alpha value is -2.15. The van der Waals surface area contributed by atoms with Crippen LogP contribution in [0, 0.1) is 0 Å². The van der Waals surface area contributed by atoms with Gasteiger partial charge in [-0.15, -0.1) is 0 Å². The number of carbonyl (C=O) groups is 2. The van der Waals surface area contributed by atoms with Crippen LogP contribution >= 0.6 is 0 Å². The molecule has 0 unspecified atom stereocenters. The van der Waals surface area contributed by atoms with Gasteiger partial charge in [0, 0.05) is 0 Å². The van der Waals surface area contributed by atoms with Crippen molar-refractivity contribution in [2.45, 2.75) is 26.7 Å². The fourth-order valence-electron chi connectivity index (χ4n) is 2.58. The quantitative estimate of drug-likeness (QED) is 0.433. The molecule has 1 aliphatic heterocycles. The molecule has 0 saturated carbocycles. The number of piperidine rings is 1. The summed E-state index contributed by atoms with van der Waals surface area (Å²) in [5.74, 6) is 0.0342. The zero-order chi connectivity index (χ0) is 17.4. The van der Waals surface area contributed by atoms with Gasteiger partial charge < -0.3 is 19.1 Å². The molecule has 1 aliphatic rings. The van der Waals surface area contributed by atoms with Gasteiger partial charge in [0.25, 0.3) is 7.41 Å². The maximum Gasteiger partial charge on any atom is 0.342 e. The van der Waals surface area contributed by atoms with Crippen LogP contribution in [0.15, 0.2) is 17.8 Å². The highest BCUT2D eigenvalue weighted by Gasteiger charge is 2.17. The molecule has 0 aliphatic carbocycles. The van der Waals surface area contributed by atoms with E-state index in [4.69, 9.17) is 9.47 Å². The number of rotatable bonds is 7. The van der Waals surface area contributed by atoms with Crippen molar-refractivity contribution in [3.05, 3.63) is 29.1 Å². The van der Waals surface area contributed by atoms with E-state index in [-0.39, 0.29) is 0 Å². The molecule has 1 aromatic heterocycles. The van der Waals surface area contributed by atoms with E-state index in [9.17, 15) is 9.59 Å². The zero-order valence-electron chi connectivity index (χ0n) is 14.2. The Labute approximate surface area is 143 Å². The highest BCUT2D eigenvalue weighted by Crippen LogP contribution is 2.23. The van der Waals surface area contributed by atoms with Crippen molar-refractivity contribution in [1.29, 1.82) is 0 Å². The second kappa shape index (κ2) is 9.22. The van der Waals surface area contributed by atoms with E-state index in [0.717, 1.165) is 32.1 Å². The molecule has 1 fully saturated rings. The lowest BCUT2D eigenvalue weighted by atomic mass is 9.89. The topological polar surface area (TPSA) is 68.7 Å². The Kier molecular flexibility index (Phi) is 6.99. The Morgan fingerprint density at radius 3 is 2.71 bits per heavy atom. The Morgan fingerprint density at radius 1 is 1.33 bits per heavy atom. The lowest BCUT2D eigenvalue weighted by Gasteiger charge is -2.26. The molecule has 24 heavy (non-hydrogen) atoms. The molecule has 2 rings (SSSR count). The second-order valence-electron chi connectivity index (χ2n) is 5.38. The number of carbonyl (C=O) groups excluding carboxylic acids is 2. The van der Waals surface area contributed by atoms with Crippen LogP contribution in [-0.4, -0.2) is 55.7 Å². The largest absolute Gasteiger partial charge is 0.491 e. The summed E-state index contributed by atoms with van der Waals surface area (Å²) in [6.07, 6.45) is 6.12. The van der Waals surface area contributed by atoms with Gasteiger partial charge >= 0.3 is 5.97 Å². The molecule has 0 aromatic carbocycles. The third kappa shape index (κ3) is 4.93. The molecule has 6 nitrogen and oxygen atoms in total. The van der Waals surface area contributed by atoms with Gasteiger partial charge in [-0.1, -0.05) is 5.57 Å². The number of aromatic nitrogens is 1. The van der Waals surface area contributed by atoms with Crippen molar-refractivity contribution in [2.75, 3.05) is 26.3 Å². The average molecular weight is 329 g/mol. The van der Waals surface area contributed by atoms with E-state index in [1.165, 1.54) is 5.57 Å². The summed E-state index contributed by atoms with van der Waals surface area (Å²) in [6.45, 7) is 6.02. The predicted molar refractivity (Wildman–Crippen MR) is 92.7 cm³/mol. The average Bonchev–Trinajstić information content (AvgIpc) is 2.58. The molecule has 0 spiro atoms. The number of pyridine rings is 1. The first-order chi connectivity index (χ1) is 11.7. The number of hydrogen-bond donors (Lipinski definition) is 0. The maximum absolute atomic E-state index is 12.1.